The van der Waals surface area contributed by atoms with E-state index < -0.39 is 21.6 Å². The summed E-state index contributed by atoms with van der Waals surface area (Å²) in [6, 6.07) is 8.68. The van der Waals surface area contributed by atoms with Crippen LogP contribution in [0.3, 0.4) is 0 Å². The number of fused-ring (bicyclic) bond motifs is 1. The SMILES string of the molecule is Cc1cc2oc(=O)cc(COC(=O)c3cc(S(=O)(=O)N(C)C)ccc3Cl)c2cc1C. The quantitative estimate of drug-likeness (QED) is 0.435. The molecule has 3 aromatic rings. The molecule has 0 bridgehead atoms. The highest BCUT2D eigenvalue weighted by Crippen LogP contribution is 2.25. The van der Waals surface area contributed by atoms with Gasteiger partial charge in [0.25, 0.3) is 0 Å². The van der Waals surface area contributed by atoms with Crippen LogP contribution in [-0.2, 0) is 21.4 Å². The third-order valence-corrected chi connectivity index (χ3v) is 6.88. The number of carbonyl (C=O) groups is 1. The highest BCUT2D eigenvalue weighted by atomic mass is 35.5. The standard InChI is InChI=1S/C21H20ClNO6S/c1-12-7-16-14(9-20(24)29-19(16)8-13(12)2)11-28-21(25)17-10-15(5-6-18(17)22)30(26,27)23(3)4/h5-10H,11H2,1-4H3. The van der Waals surface area contributed by atoms with Crippen molar-refractivity contribution in [2.45, 2.75) is 25.3 Å². The van der Waals surface area contributed by atoms with Gasteiger partial charge in [0, 0.05) is 31.1 Å². The summed E-state index contributed by atoms with van der Waals surface area (Å²) in [6.07, 6.45) is 0. The fraction of sp³-hybridized carbons (Fsp3) is 0.238. The molecule has 0 amide bonds. The third-order valence-electron chi connectivity index (χ3n) is 4.74. The molecule has 2 aromatic carbocycles. The minimum Gasteiger partial charge on any atom is -0.457 e. The van der Waals surface area contributed by atoms with E-state index in [4.69, 9.17) is 20.8 Å². The van der Waals surface area contributed by atoms with Gasteiger partial charge in [0.15, 0.2) is 0 Å². The van der Waals surface area contributed by atoms with Gasteiger partial charge < -0.3 is 9.15 Å². The Kier molecular flexibility index (Phi) is 6.03. The summed E-state index contributed by atoms with van der Waals surface area (Å²) in [6.45, 7) is 3.62. The van der Waals surface area contributed by atoms with Gasteiger partial charge in [-0.05, 0) is 55.3 Å². The first-order valence-electron chi connectivity index (χ1n) is 8.94. The summed E-state index contributed by atoms with van der Waals surface area (Å²) >= 11 is 6.09. The van der Waals surface area contributed by atoms with Gasteiger partial charge in [0.2, 0.25) is 10.0 Å². The van der Waals surface area contributed by atoms with Crippen molar-refractivity contribution < 1.29 is 22.4 Å². The smallest absolute Gasteiger partial charge is 0.340 e. The van der Waals surface area contributed by atoms with Crippen LogP contribution in [0.15, 0.2) is 50.5 Å². The van der Waals surface area contributed by atoms with Gasteiger partial charge in [-0.1, -0.05) is 11.6 Å². The Labute approximate surface area is 178 Å². The van der Waals surface area contributed by atoms with E-state index in [9.17, 15) is 18.0 Å². The Balaban J connectivity index is 1.93. The van der Waals surface area contributed by atoms with E-state index in [0.717, 1.165) is 15.4 Å². The number of halogens is 1. The molecule has 0 radical (unpaired) electrons. The molecule has 158 valence electrons. The molecular weight excluding hydrogens is 430 g/mol. The average molecular weight is 450 g/mol. The molecule has 1 heterocycles. The zero-order valence-electron chi connectivity index (χ0n) is 16.9. The minimum absolute atomic E-state index is 0.0570. The highest BCUT2D eigenvalue weighted by molar-refractivity contribution is 7.89. The van der Waals surface area contributed by atoms with Crippen LogP contribution in [0.1, 0.15) is 27.0 Å². The van der Waals surface area contributed by atoms with E-state index in [1.54, 1.807) is 6.07 Å². The van der Waals surface area contributed by atoms with Gasteiger partial charge in [0.05, 0.1) is 15.5 Å². The number of hydrogen-bond acceptors (Lipinski definition) is 6. The van der Waals surface area contributed by atoms with Crippen molar-refractivity contribution in [2.75, 3.05) is 14.1 Å². The topological polar surface area (TPSA) is 93.9 Å². The second-order valence-electron chi connectivity index (χ2n) is 7.03. The number of aryl methyl sites for hydroxylation is 2. The van der Waals surface area contributed by atoms with Gasteiger partial charge in [0.1, 0.15) is 12.2 Å². The van der Waals surface area contributed by atoms with Crippen molar-refractivity contribution in [2.24, 2.45) is 0 Å². The van der Waals surface area contributed by atoms with E-state index >= 15 is 0 Å². The van der Waals surface area contributed by atoms with Crippen LogP contribution in [-0.4, -0.2) is 32.8 Å². The first kappa shape index (κ1) is 22.0. The van der Waals surface area contributed by atoms with Gasteiger partial charge in [-0.15, -0.1) is 0 Å². The average Bonchev–Trinajstić information content (AvgIpc) is 2.67. The lowest BCUT2D eigenvalue weighted by Crippen LogP contribution is -2.22. The van der Waals surface area contributed by atoms with Crippen LogP contribution in [0.2, 0.25) is 5.02 Å². The molecule has 0 saturated carbocycles. The molecule has 0 aliphatic heterocycles. The van der Waals surface area contributed by atoms with Crippen molar-refractivity contribution in [3.8, 4) is 0 Å². The summed E-state index contributed by atoms with van der Waals surface area (Å²) < 4.78 is 36.3. The molecule has 0 spiro atoms. The van der Waals surface area contributed by atoms with Gasteiger partial charge in [-0.3, -0.25) is 0 Å². The largest absolute Gasteiger partial charge is 0.457 e. The van der Waals surface area contributed by atoms with Crippen molar-refractivity contribution in [3.05, 3.63) is 74.1 Å². The molecule has 0 atom stereocenters. The molecule has 9 heteroatoms. The maximum atomic E-state index is 12.6. The monoisotopic (exact) mass is 449 g/mol. The number of sulfonamides is 1. The predicted octanol–water partition coefficient (Wildman–Crippen LogP) is 3.67. The van der Waals surface area contributed by atoms with E-state index in [0.29, 0.717) is 16.5 Å². The number of nitrogens with zero attached hydrogens (tertiary/aromatic N) is 1. The van der Waals surface area contributed by atoms with Crippen LogP contribution in [0.5, 0.6) is 0 Å². The maximum absolute atomic E-state index is 12.6. The fourth-order valence-electron chi connectivity index (χ4n) is 2.86. The van der Waals surface area contributed by atoms with Gasteiger partial charge in [-0.25, -0.2) is 22.3 Å². The van der Waals surface area contributed by atoms with Gasteiger partial charge in [-0.2, -0.15) is 0 Å². The van der Waals surface area contributed by atoms with E-state index in [2.05, 4.69) is 0 Å². The van der Waals surface area contributed by atoms with E-state index in [1.165, 1.54) is 38.4 Å². The normalized spacial score (nSPS) is 11.8. The molecule has 1 aromatic heterocycles. The maximum Gasteiger partial charge on any atom is 0.340 e. The zero-order valence-corrected chi connectivity index (χ0v) is 18.4. The Hall–Kier alpha value is -2.68. The fourth-order valence-corrected chi connectivity index (χ4v) is 3.98. The van der Waals surface area contributed by atoms with Crippen LogP contribution in [0.25, 0.3) is 11.0 Å². The summed E-state index contributed by atoms with van der Waals surface area (Å²) in [5, 5.41) is 0.710. The Bertz CT molecular complexity index is 1310. The molecule has 0 aliphatic carbocycles. The minimum atomic E-state index is -3.75. The highest BCUT2D eigenvalue weighted by Gasteiger charge is 2.22. The number of hydrogen-bond donors (Lipinski definition) is 0. The van der Waals surface area contributed by atoms with Gasteiger partial charge >= 0.3 is 11.6 Å². The van der Waals surface area contributed by atoms with Crippen LogP contribution in [0.4, 0.5) is 0 Å². The van der Waals surface area contributed by atoms with Crippen LogP contribution < -0.4 is 5.63 Å². The molecule has 0 fully saturated rings. The lowest BCUT2D eigenvalue weighted by Gasteiger charge is -2.13. The second kappa shape index (κ2) is 8.22. The number of rotatable bonds is 5. The van der Waals surface area contributed by atoms with E-state index in [-0.39, 0.29) is 22.1 Å². The van der Waals surface area contributed by atoms with E-state index in [1.807, 2.05) is 19.9 Å². The van der Waals surface area contributed by atoms with Crippen molar-refractivity contribution in [1.82, 2.24) is 4.31 Å². The molecular formula is C21H20ClNO6S. The van der Waals surface area contributed by atoms with Crippen molar-refractivity contribution in [1.29, 1.82) is 0 Å². The first-order valence-corrected chi connectivity index (χ1v) is 10.8. The lowest BCUT2D eigenvalue weighted by atomic mass is 10.0. The summed E-state index contributed by atoms with van der Waals surface area (Å²) in [4.78, 5) is 24.4. The van der Waals surface area contributed by atoms with Crippen LogP contribution >= 0.6 is 11.6 Å². The number of ether oxygens (including phenoxy) is 1. The Morgan fingerprint density at radius 2 is 1.77 bits per heavy atom. The summed E-state index contributed by atoms with van der Waals surface area (Å²) in [7, 11) is -0.974. The predicted molar refractivity (Wildman–Crippen MR) is 113 cm³/mol. The molecule has 0 N–H and O–H groups in total. The van der Waals surface area contributed by atoms with Crippen molar-refractivity contribution in [3.63, 3.8) is 0 Å². The third kappa shape index (κ3) is 4.26. The molecule has 0 saturated heterocycles. The Morgan fingerprint density at radius 1 is 1.10 bits per heavy atom. The van der Waals surface area contributed by atoms with Crippen LogP contribution in [0, 0.1) is 13.8 Å². The lowest BCUT2D eigenvalue weighted by molar-refractivity contribution is 0.0473. The molecule has 7 nitrogen and oxygen atoms in total. The van der Waals surface area contributed by atoms with Crippen molar-refractivity contribution >= 4 is 38.6 Å². The summed E-state index contributed by atoms with van der Waals surface area (Å²) in [5.41, 5.74) is 2.19. The molecule has 0 aliphatic rings. The second-order valence-corrected chi connectivity index (χ2v) is 9.59. The summed E-state index contributed by atoms with van der Waals surface area (Å²) in [5.74, 6) is -0.805. The number of esters is 1. The zero-order chi connectivity index (χ0) is 22.2. The molecule has 30 heavy (non-hydrogen) atoms. The molecule has 3 rings (SSSR count). The number of carbonyl (C=O) groups excluding carboxylic acids is 1. The molecule has 0 unspecified atom stereocenters. The Morgan fingerprint density at radius 3 is 2.43 bits per heavy atom. The first-order chi connectivity index (χ1) is 14.0. The number of benzene rings is 2.